The minimum absolute atomic E-state index is 1.03. The third-order valence-corrected chi connectivity index (χ3v) is 14.4. The number of hydrogen-bond acceptors (Lipinski definition) is 2. The fraction of sp³-hybridized carbons (Fsp3) is 0. The Hall–Kier alpha value is -9.96. The van der Waals surface area contributed by atoms with Gasteiger partial charge < -0.3 is 14.4 Å². The maximum Gasteiger partial charge on any atom is 0.0541 e. The van der Waals surface area contributed by atoms with Crippen molar-refractivity contribution < 1.29 is 0 Å². The Morgan fingerprint density at radius 3 is 0.880 bits per heavy atom. The molecule has 0 spiro atoms. The van der Waals surface area contributed by atoms with Crippen molar-refractivity contribution in [1.29, 1.82) is 0 Å². The van der Waals surface area contributed by atoms with Crippen molar-refractivity contribution in [1.82, 2.24) is 4.57 Å². The molecule has 0 aliphatic heterocycles. The molecule has 354 valence electrons. The van der Waals surface area contributed by atoms with Crippen molar-refractivity contribution in [2.75, 3.05) is 9.80 Å². The molecule has 1 heterocycles. The number of aromatic nitrogens is 1. The lowest BCUT2D eigenvalue weighted by molar-refractivity contribution is 1.18. The minimum Gasteiger partial charge on any atom is -0.310 e. The third-order valence-electron chi connectivity index (χ3n) is 14.4. The van der Waals surface area contributed by atoms with Gasteiger partial charge in [-0.3, -0.25) is 0 Å². The van der Waals surface area contributed by atoms with Crippen molar-refractivity contribution in [2.24, 2.45) is 0 Å². The summed E-state index contributed by atoms with van der Waals surface area (Å²) in [6, 6.07) is 112. The first-order valence-corrected chi connectivity index (χ1v) is 25.6. The summed E-state index contributed by atoms with van der Waals surface area (Å²) >= 11 is 0. The van der Waals surface area contributed by atoms with Crippen molar-refractivity contribution in [3.05, 3.63) is 309 Å². The monoisotopic (exact) mass is 957 g/mol. The van der Waals surface area contributed by atoms with Crippen LogP contribution in [0.4, 0.5) is 34.1 Å². The van der Waals surface area contributed by atoms with Crippen LogP contribution in [0.25, 0.3) is 83.1 Å². The van der Waals surface area contributed by atoms with E-state index in [0.717, 1.165) is 50.9 Å². The van der Waals surface area contributed by atoms with Gasteiger partial charge in [0.1, 0.15) is 0 Å². The number of anilines is 6. The van der Waals surface area contributed by atoms with Crippen LogP contribution in [0.3, 0.4) is 0 Å². The Bertz CT molecular complexity index is 3690. The molecule has 0 atom stereocenters. The number of fused-ring (bicyclic) bond motifs is 3. The van der Waals surface area contributed by atoms with E-state index in [0.29, 0.717) is 0 Å². The molecule has 0 fully saturated rings. The van der Waals surface area contributed by atoms with E-state index in [1.807, 2.05) is 0 Å². The SMILES string of the molecule is c1ccc(-c2ccc(N(c3ccc(-c4ccccc4)cc3)c3cc(-c4ccc5c(c4)c4ccccc4n5-c4ccccc4)cc(N(c4ccc(-c5ccccc5)cc4)c4ccc(-c5ccccc5)cc4)c3)cc2)cc1. The molecule has 13 rings (SSSR count). The normalized spacial score (nSPS) is 11.2. The van der Waals surface area contributed by atoms with Crippen LogP contribution in [0.1, 0.15) is 0 Å². The van der Waals surface area contributed by atoms with Crippen LogP contribution in [0.2, 0.25) is 0 Å². The van der Waals surface area contributed by atoms with Gasteiger partial charge in [-0.1, -0.05) is 212 Å². The molecular weight excluding hydrogens is 907 g/mol. The molecule has 0 saturated heterocycles. The maximum atomic E-state index is 2.41. The Balaban J connectivity index is 1.04. The van der Waals surface area contributed by atoms with Gasteiger partial charge >= 0.3 is 0 Å². The number of rotatable bonds is 12. The highest BCUT2D eigenvalue weighted by Crippen LogP contribution is 2.45. The largest absolute Gasteiger partial charge is 0.310 e. The first-order chi connectivity index (χ1) is 37.2. The summed E-state index contributed by atoms with van der Waals surface area (Å²) in [7, 11) is 0. The summed E-state index contributed by atoms with van der Waals surface area (Å²) < 4.78 is 2.39. The molecule has 0 amide bonds. The summed E-state index contributed by atoms with van der Waals surface area (Å²) in [6.07, 6.45) is 0. The van der Waals surface area contributed by atoms with Crippen molar-refractivity contribution in [2.45, 2.75) is 0 Å². The average Bonchev–Trinajstić information content (AvgIpc) is 3.84. The fourth-order valence-corrected chi connectivity index (χ4v) is 10.7. The summed E-state index contributed by atoms with van der Waals surface area (Å²) in [5.74, 6) is 0. The molecule has 0 bridgehead atoms. The number of hydrogen-bond donors (Lipinski definition) is 0. The highest BCUT2D eigenvalue weighted by molar-refractivity contribution is 6.10. The zero-order valence-electron chi connectivity index (χ0n) is 41.3. The van der Waals surface area contributed by atoms with E-state index in [2.05, 4.69) is 324 Å². The summed E-state index contributed by atoms with van der Waals surface area (Å²) in [5, 5.41) is 2.42. The smallest absolute Gasteiger partial charge is 0.0541 e. The van der Waals surface area contributed by atoms with Crippen LogP contribution in [0.5, 0.6) is 0 Å². The van der Waals surface area contributed by atoms with E-state index in [1.165, 1.54) is 66.3 Å². The standard InChI is InChI=1S/C72H51N3/c1-6-18-52(19-7-1)56-30-39-63(40-31-56)73(64-41-32-57(33-42-64)53-20-8-2-9-21-53)67-48-61(60-38-47-72-70(50-60)69-28-16-17-29-71(69)75(72)62-26-14-5-15-27-62)49-68(51-67)74(65-43-34-58(35-44-65)54-22-10-3-11-23-54)66-45-36-59(37-46-66)55-24-12-4-13-25-55/h1-51H. The molecule has 0 N–H and O–H groups in total. The number of benzene rings is 12. The molecule has 3 heteroatoms. The number of nitrogens with zero attached hydrogens (tertiary/aromatic N) is 3. The molecular formula is C72H51N3. The van der Waals surface area contributed by atoms with Crippen molar-refractivity contribution in [3.8, 4) is 61.3 Å². The lowest BCUT2D eigenvalue weighted by atomic mass is 9.99. The molecule has 0 unspecified atom stereocenters. The molecule has 0 radical (unpaired) electrons. The Morgan fingerprint density at radius 2 is 0.493 bits per heavy atom. The molecule has 1 aromatic heterocycles. The fourth-order valence-electron chi connectivity index (χ4n) is 10.7. The Morgan fingerprint density at radius 1 is 0.187 bits per heavy atom. The van der Waals surface area contributed by atoms with E-state index in [9.17, 15) is 0 Å². The lowest BCUT2D eigenvalue weighted by Crippen LogP contribution is -2.13. The Kier molecular flexibility index (Phi) is 11.9. The van der Waals surface area contributed by atoms with Gasteiger partial charge in [0.2, 0.25) is 0 Å². The van der Waals surface area contributed by atoms with E-state index in [1.54, 1.807) is 0 Å². The lowest BCUT2D eigenvalue weighted by Gasteiger charge is -2.31. The van der Waals surface area contributed by atoms with Gasteiger partial charge in [0.05, 0.1) is 11.0 Å². The first-order valence-electron chi connectivity index (χ1n) is 25.6. The minimum atomic E-state index is 1.03. The van der Waals surface area contributed by atoms with Gasteiger partial charge in [0, 0.05) is 50.6 Å². The van der Waals surface area contributed by atoms with Crippen LogP contribution in [0, 0.1) is 0 Å². The topological polar surface area (TPSA) is 11.4 Å². The van der Waals surface area contributed by atoms with Crippen LogP contribution in [0.15, 0.2) is 309 Å². The second-order valence-electron chi connectivity index (χ2n) is 19.0. The second kappa shape index (κ2) is 19.9. The van der Waals surface area contributed by atoms with Gasteiger partial charge in [0.15, 0.2) is 0 Å². The van der Waals surface area contributed by atoms with Crippen molar-refractivity contribution >= 4 is 55.9 Å². The first kappa shape index (κ1) is 44.9. The summed E-state index contributed by atoms with van der Waals surface area (Å²) in [6.45, 7) is 0. The average molecular weight is 958 g/mol. The summed E-state index contributed by atoms with van der Waals surface area (Å²) in [5.41, 5.74) is 21.4. The van der Waals surface area contributed by atoms with E-state index in [4.69, 9.17) is 0 Å². The van der Waals surface area contributed by atoms with E-state index in [-0.39, 0.29) is 0 Å². The van der Waals surface area contributed by atoms with E-state index >= 15 is 0 Å². The van der Waals surface area contributed by atoms with Crippen LogP contribution in [-0.2, 0) is 0 Å². The van der Waals surface area contributed by atoms with Gasteiger partial charge in [-0.25, -0.2) is 0 Å². The predicted octanol–water partition coefficient (Wildman–Crippen LogP) is 20.1. The van der Waals surface area contributed by atoms with Gasteiger partial charge in [-0.2, -0.15) is 0 Å². The molecule has 3 nitrogen and oxygen atoms in total. The second-order valence-corrected chi connectivity index (χ2v) is 19.0. The Labute approximate surface area is 438 Å². The van der Waals surface area contributed by atoms with E-state index < -0.39 is 0 Å². The quantitative estimate of drug-likeness (QED) is 0.121. The van der Waals surface area contributed by atoms with Crippen LogP contribution in [-0.4, -0.2) is 4.57 Å². The van der Waals surface area contributed by atoms with Gasteiger partial charge in [0.25, 0.3) is 0 Å². The maximum absolute atomic E-state index is 2.41. The summed E-state index contributed by atoms with van der Waals surface area (Å²) in [4.78, 5) is 4.82. The highest BCUT2D eigenvalue weighted by Gasteiger charge is 2.22. The zero-order chi connectivity index (χ0) is 49.9. The molecule has 0 aliphatic carbocycles. The molecule has 13 aromatic rings. The molecule has 0 aliphatic rings. The number of para-hydroxylation sites is 2. The zero-order valence-corrected chi connectivity index (χ0v) is 41.3. The van der Waals surface area contributed by atoms with Gasteiger partial charge in [-0.15, -0.1) is 0 Å². The molecule has 0 saturated carbocycles. The molecule has 12 aromatic carbocycles. The van der Waals surface area contributed by atoms with Crippen molar-refractivity contribution in [3.63, 3.8) is 0 Å². The predicted molar refractivity (Wildman–Crippen MR) is 317 cm³/mol. The van der Waals surface area contributed by atoms with Gasteiger partial charge in [-0.05, 0) is 153 Å². The third kappa shape index (κ3) is 8.94. The molecule has 75 heavy (non-hydrogen) atoms. The van der Waals surface area contributed by atoms with Crippen LogP contribution >= 0.6 is 0 Å². The van der Waals surface area contributed by atoms with Crippen LogP contribution < -0.4 is 9.80 Å². The highest BCUT2D eigenvalue weighted by atomic mass is 15.2.